The second-order valence-corrected chi connectivity index (χ2v) is 10.9. The van der Waals surface area contributed by atoms with Gasteiger partial charge in [-0.25, -0.2) is 0 Å². The molecule has 1 N–H and O–H groups in total. The van der Waals surface area contributed by atoms with Crippen molar-refractivity contribution in [3.05, 3.63) is 107 Å². The molecule has 2 aliphatic rings. The second-order valence-electron chi connectivity index (χ2n) is 10.9. The quantitative estimate of drug-likeness (QED) is 0.267. The number of aromatic nitrogens is 2. The van der Waals surface area contributed by atoms with E-state index in [4.69, 9.17) is 14.7 Å². The zero-order valence-corrected chi connectivity index (χ0v) is 22.0. The molecule has 0 saturated heterocycles. The topological polar surface area (TPSA) is 89.4 Å². The summed E-state index contributed by atoms with van der Waals surface area (Å²) < 4.78 is 5.51. The van der Waals surface area contributed by atoms with Crippen molar-refractivity contribution >= 4 is 12.4 Å². The smallest absolute Gasteiger partial charge is 0.306 e. The van der Waals surface area contributed by atoms with Gasteiger partial charge in [0.25, 0.3) is 6.47 Å². The molecular formula is C33H30N2O4. The molecule has 2 aromatic carbocycles. The zero-order valence-electron chi connectivity index (χ0n) is 22.0. The van der Waals surface area contributed by atoms with Crippen LogP contribution in [0.15, 0.2) is 85.2 Å². The van der Waals surface area contributed by atoms with Crippen LogP contribution in [0.5, 0.6) is 0 Å². The number of benzene rings is 2. The van der Waals surface area contributed by atoms with Crippen LogP contribution in [0.2, 0.25) is 0 Å². The minimum Gasteiger partial charge on any atom is -0.481 e. The molecular weight excluding hydrogens is 488 g/mol. The van der Waals surface area contributed by atoms with Gasteiger partial charge < -0.3 is 9.84 Å². The summed E-state index contributed by atoms with van der Waals surface area (Å²) in [7, 11) is 0. The highest BCUT2D eigenvalue weighted by Crippen LogP contribution is 2.61. The van der Waals surface area contributed by atoms with Crippen LogP contribution in [0.3, 0.4) is 0 Å². The van der Waals surface area contributed by atoms with E-state index in [9.17, 15) is 14.7 Å². The van der Waals surface area contributed by atoms with Gasteiger partial charge in [-0.3, -0.25) is 19.6 Å². The Kier molecular flexibility index (Phi) is 6.06. The van der Waals surface area contributed by atoms with E-state index in [1.54, 1.807) is 13.1 Å². The van der Waals surface area contributed by atoms with Crippen LogP contribution in [0.25, 0.3) is 22.5 Å². The third-order valence-corrected chi connectivity index (χ3v) is 8.65. The van der Waals surface area contributed by atoms with Gasteiger partial charge >= 0.3 is 5.97 Å². The first-order chi connectivity index (χ1) is 18.9. The van der Waals surface area contributed by atoms with Crippen molar-refractivity contribution in [1.82, 2.24) is 9.97 Å². The van der Waals surface area contributed by atoms with Gasteiger partial charge in [0.1, 0.15) is 0 Å². The lowest BCUT2D eigenvalue weighted by Crippen LogP contribution is -2.41. The largest absolute Gasteiger partial charge is 0.481 e. The summed E-state index contributed by atoms with van der Waals surface area (Å²) >= 11 is 0. The molecule has 6 rings (SSSR count). The molecule has 4 aromatic rings. The van der Waals surface area contributed by atoms with E-state index in [0.717, 1.165) is 44.8 Å². The number of carboxylic acids is 1. The fourth-order valence-corrected chi connectivity index (χ4v) is 7.24. The molecule has 6 nitrogen and oxygen atoms in total. The predicted molar refractivity (Wildman–Crippen MR) is 148 cm³/mol. The van der Waals surface area contributed by atoms with E-state index < -0.39 is 22.7 Å². The maximum Gasteiger partial charge on any atom is 0.306 e. The minimum atomic E-state index is -0.829. The molecule has 0 radical (unpaired) electrons. The van der Waals surface area contributed by atoms with Crippen molar-refractivity contribution in [2.24, 2.45) is 5.92 Å². The predicted octanol–water partition coefficient (Wildman–Crippen LogP) is 6.16. The molecule has 196 valence electrons. The van der Waals surface area contributed by atoms with Crippen LogP contribution >= 0.6 is 0 Å². The third-order valence-electron chi connectivity index (χ3n) is 8.65. The molecule has 0 saturated carbocycles. The van der Waals surface area contributed by atoms with Crippen LogP contribution in [-0.4, -0.2) is 33.6 Å². The van der Waals surface area contributed by atoms with Crippen molar-refractivity contribution in [1.29, 1.82) is 0 Å². The summed E-state index contributed by atoms with van der Waals surface area (Å²) in [5, 5.41) is 10.1. The number of hydrogen-bond acceptors (Lipinski definition) is 5. The molecule has 6 heteroatoms. The van der Waals surface area contributed by atoms with Crippen molar-refractivity contribution in [3.63, 3.8) is 0 Å². The molecule has 2 heterocycles. The van der Waals surface area contributed by atoms with Gasteiger partial charge in [0.15, 0.2) is 0 Å². The van der Waals surface area contributed by atoms with Gasteiger partial charge in [-0.05, 0) is 60.6 Å². The fraction of sp³-hybridized carbons (Fsp3) is 0.273. The summed E-state index contributed by atoms with van der Waals surface area (Å²) in [4.78, 5) is 33.4. The molecule has 0 bridgehead atoms. The first-order valence-electron chi connectivity index (χ1n) is 13.3. The Morgan fingerprint density at radius 1 is 0.795 bits per heavy atom. The van der Waals surface area contributed by atoms with E-state index in [2.05, 4.69) is 36.4 Å². The van der Waals surface area contributed by atoms with E-state index in [-0.39, 0.29) is 6.10 Å². The maximum atomic E-state index is 12.3. The average Bonchev–Trinajstić information content (AvgIpc) is 3.37. The molecule has 39 heavy (non-hydrogen) atoms. The molecule has 0 spiro atoms. The molecule has 0 amide bonds. The van der Waals surface area contributed by atoms with E-state index in [1.807, 2.05) is 49.5 Å². The highest BCUT2D eigenvalue weighted by molar-refractivity contribution is 5.82. The van der Waals surface area contributed by atoms with Crippen LogP contribution < -0.4 is 0 Å². The number of carboxylic acid groups (broad SMARTS) is 1. The number of pyridine rings is 2. The van der Waals surface area contributed by atoms with E-state index in [1.165, 1.54) is 0 Å². The normalized spacial score (nSPS) is 21.7. The van der Waals surface area contributed by atoms with Crippen molar-refractivity contribution in [3.8, 4) is 22.5 Å². The van der Waals surface area contributed by atoms with E-state index in [0.29, 0.717) is 25.7 Å². The van der Waals surface area contributed by atoms with Gasteiger partial charge in [-0.1, -0.05) is 67.6 Å². The fourth-order valence-electron chi connectivity index (χ4n) is 7.24. The van der Waals surface area contributed by atoms with Crippen LogP contribution in [0, 0.1) is 5.92 Å². The highest BCUT2D eigenvalue weighted by atomic mass is 16.5. The molecule has 4 atom stereocenters. The average molecular weight is 519 g/mol. The summed E-state index contributed by atoms with van der Waals surface area (Å²) in [5.41, 5.74) is 7.00. The molecule has 0 aliphatic heterocycles. The Morgan fingerprint density at radius 2 is 1.28 bits per heavy atom. The van der Waals surface area contributed by atoms with Crippen LogP contribution in [-0.2, 0) is 25.2 Å². The summed E-state index contributed by atoms with van der Waals surface area (Å²) in [6.07, 6.45) is 4.74. The van der Waals surface area contributed by atoms with Gasteiger partial charge in [0.05, 0.1) is 23.4 Å². The number of rotatable bonds is 9. The summed E-state index contributed by atoms with van der Waals surface area (Å²) in [6.45, 7) is 4.21. The SMILES string of the molecule is CC(CC1(CC2(CC(C)C(=O)O)c3ccccc3-c3ncccc32)c2ccccc2-c2ncccc21)OC=O. The van der Waals surface area contributed by atoms with E-state index >= 15 is 0 Å². The molecule has 4 unspecified atom stereocenters. The van der Waals surface area contributed by atoms with Crippen LogP contribution in [0.4, 0.5) is 0 Å². The van der Waals surface area contributed by atoms with Crippen molar-refractivity contribution < 1.29 is 19.4 Å². The molecule has 2 aliphatic carbocycles. The number of nitrogens with zero attached hydrogens (tertiary/aromatic N) is 2. The Balaban J connectivity index is 1.66. The third kappa shape index (κ3) is 3.77. The number of aliphatic carboxylic acids is 1. The Hall–Kier alpha value is -4.32. The lowest BCUT2D eigenvalue weighted by atomic mass is 9.59. The Morgan fingerprint density at radius 3 is 1.79 bits per heavy atom. The van der Waals surface area contributed by atoms with Crippen LogP contribution in [0.1, 0.15) is 55.4 Å². The van der Waals surface area contributed by atoms with Gasteiger partial charge in [0.2, 0.25) is 0 Å². The Labute approximate surface area is 227 Å². The maximum absolute atomic E-state index is 12.3. The molecule has 2 aromatic heterocycles. The zero-order chi connectivity index (χ0) is 27.2. The standard InChI is InChI=1S/C33H30N2O4/c1-21(31(37)38)17-32(25-11-5-3-9-23(25)29-27(32)13-7-15-34-29)19-33(18-22(2)39-20-36)26-12-6-4-10-24(26)30-28(33)14-8-16-35-30/h3-16,20-22H,17-19H2,1-2H3,(H,37,38). The van der Waals surface area contributed by atoms with Gasteiger partial charge in [0, 0.05) is 34.4 Å². The number of ether oxygens (including phenoxy) is 1. The van der Waals surface area contributed by atoms with Gasteiger partial charge in [-0.15, -0.1) is 0 Å². The summed E-state index contributed by atoms with van der Waals surface area (Å²) in [5.74, 6) is -1.43. The first-order valence-corrected chi connectivity index (χ1v) is 13.3. The number of hydrogen-bond donors (Lipinski definition) is 1. The number of carbonyl (C=O) groups is 2. The van der Waals surface area contributed by atoms with Crippen molar-refractivity contribution in [2.45, 2.75) is 50.0 Å². The number of fused-ring (bicyclic) bond motifs is 6. The number of carbonyl (C=O) groups excluding carboxylic acids is 1. The Bertz CT molecular complexity index is 1490. The van der Waals surface area contributed by atoms with Crippen molar-refractivity contribution in [2.75, 3.05) is 0 Å². The first kappa shape index (κ1) is 25.0. The van der Waals surface area contributed by atoms with Gasteiger partial charge in [-0.2, -0.15) is 0 Å². The minimum absolute atomic E-state index is 0.374. The monoisotopic (exact) mass is 518 g/mol. The molecule has 0 fully saturated rings. The lowest BCUT2D eigenvalue weighted by molar-refractivity contribution is -0.142. The lowest BCUT2D eigenvalue weighted by Gasteiger charge is -2.44. The highest BCUT2D eigenvalue weighted by Gasteiger charge is 2.54. The summed E-state index contributed by atoms with van der Waals surface area (Å²) in [6, 6.07) is 24.6. The second kappa shape index (κ2) is 9.45.